The lowest BCUT2D eigenvalue weighted by Crippen LogP contribution is -2.54. The second-order valence-corrected chi connectivity index (χ2v) is 12.3. The molecule has 0 bridgehead atoms. The number of nitrogens with one attached hydrogen (secondary N) is 1. The van der Waals surface area contributed by atoms with Gasteiger partial charge in [-0.3, -0.25) is 9.10 Å². The molecular formula is C29H37N5O3S. The van der Waals surface area contributed by atoms with Crippen molar-refractivity contribution < 1.29 is 13.2 Å². The Hall–Kier alpha value is -3.17. The number of sulfonamides is 1. The Kier molecular flexibility index (Phi) is 8.14. The number of hydrogen-bond acceptors (Lipinski definition) is 5. The van der Waals surface area contributed by atoms with Crippen molar-refractivity contribution in [3.63, 3.8) is 0 Å². The number of amides is 1. The van der Waals surface area contributed by atoms with Crippen molar-refractivity contribution in [1.82, 2.24) is 19.8 Å². The minimum atomic E-state index is -3.96. The lowest BCUT2D eigenvalue weighted by Gasteiger charge is -2.39. The number of hydrogen-bond donors (Lipinski definition) is 1. The molecule has 1 aliphatic carbocycles. The van der Waals surface area contributed by atoms with E-state index in [0.29, 0.717) is 23.7 Å². The maximum Gasteiger partial charge on any atom is 0.283 e. The van der Waals surface area contributed by atoms with Crippen molar-refractivity contribution in [1.29, 1.82) is 0 Å². The number of imidazole rings is 1. The molecule has 2 fully saturated rings. The van der Waals surface area contributed by atoms with Gasteiger partial charge < -0.3 is 14.8 Å². The molecule has 2 aliphatic rings. The molecule has 9 heteroatoms. The van der Waals surface area contributed by atoms with Crippen LogP contribution in [0.1, 0.15) is 54.4 Å². The summed E-state index contributed by atoms with van der Waals surface area (Å²) in [5, 5.41) is 3.44. The van der Waals surface area contributed by atoms with E-state index in [1.165, 1.54) is 48.9 Å². The van der Waals surface area contributed by atoms with Crippen LogP contribution < -0.4 is 9.62 Å². The summed E-state index contributed by atoms with van der Waals surface area (Å²) in [7, 11) is -2.22. The largest absolute Gasteiger partial charge is 0.339 e. The monoisotopic (exact) mass is 535 g/mol. The van der Waals surface area contributed by atoms with Crippen LogP contribution >= 0.6 is 0 Å². The zero-order valence-electron chi connectivity index (χ0n) is 22.0. The SMILES string of the molecule is Cn1cnc(S(=O)(=O)N(Cc2ccccc2)c2cccc(C(=O)N3CCNCC3CC3CCCCC3)c2)c1. The third-order valence-electron chi connectivity index (χ3n) is 7.73. The van der Waals surface area contributed by atoms with Gasteiger partial charge in [0.15, 0.2) is 5.03 Å². The minimum Gasteiger partial charge on any atom is -0.339 e. The Bertz CT molecular complexity index is 1340. The second kappa shape index (κ2) is 11.7. The summed E-state index contributed by atoms with van der Waals surface area (Å²) in [6.45, 7) is 2.35. The number of anilines is 1. The van der Waals surface area contributed by atoms with Crippen molar-refractivity contribution in [2.24, 2.45) is 13.0 Å². The number of rotatable bonds is 8. The number of carbonyl (C=O) groups excluding carboxylic acids is 1. The highest BCUT2D eigenvalue weighted by molar-refractivity contribution is 7.92. The third-order valence-corrected chi connectivity index (χ3v) is 9.39. The molecule has 1 unspecified atom stereocenters. The van der Waals surface area contributed by atoms with Crippen LogP contribution in [0.25, 0.3) is 0 Å². The van der Waals surface area contributed by atoms with Gasteiger partial charge in [-0.2, -0.15) is 8.42 Å². The van der Waals surface area contributed by atoms with E-state index in [4.69, 9.17) is 0 Å². The summed E-state index contributed by atoms with van der Waals surface area (Å²) < 4.78 is 30.5. The minimum absolute atomic E-state index is 0.0256. The number of piperazine rings is 1. The lowest BCUT2D eigenvalue weighted by molar-refractivity contribution is 0.0592. The molecule has 38 heavy (non-hydrogen) atoms. The molecule has 1 amide bonds. The average Bonchev–Trinajstić information content (AvgIpc) is 3.40. The van der Waals surface area contributed by atoms with Gasteiger partial charge in [0.25, 0.3) is 15.9 Å². The van der Waals surface area contributed by atoms with Crippen LogP contribution in [0.2, 0.25) is 0 Å². The second-order valence-electron chi connectivity index (χ2n) is 10.5. The molecule has 3 aromatic rings. The molecule has 1 aliphatic heterocycles. The lowest BCUT2D eigenvalue weighted by atomic mass is 9.84. The van der Waals surface area contributed by atoms with Crippen LogP contribution in [-0.4, -0.2) is 54.5 Å². The first-order valence-corrected chi connectivity index (χ1v) is 15.0. The molecule has 1 aromatic heterocycles. The Morgan fingerprint density at radius 2 is 1.87 bits per heavy atom. The van der Waals surface area contributed by atoms with Crippen LogP contribution in [0.3, 0.4) is 0 Å². The van der Waals surface area contributed by atoms with E-state index >= 15 is 0 Å². The summed E-state index contributed by atoms with van der Waals surface area (Å²) in [4.78, 5) is 19.9. The van der Waals surface area contributed by atoms with Gasteiger partial charge in [-0.15, -0.1) is 0 Å². The van der Waals surface area contributed by atoms with Gasteiger partial charge in [0.1, 0.15) is 0 Å². The maximum absolute atomic E-state index is 13.8. The molecule has 1 saturated heterocycles. The zero-order valence-corrected chi connectivity index (χ0v) is 22.8. The number of carbonyl (C=O) groups is 1. The van der Waals surface area contributed by atoms with Crippen molar-refractivity contribution in [3.05, 3.63) is 78.2 Å². The van der Waals surface area contributed by atoms with Gasteiger partial charge in [0, 0.05) is 44.5 Å². The Balaban J connectivity index is 1.44. The van der Waals surface area contributed by atoms with Gasteiger partial charge in [-0.05, 0) is 36.1 Å². The van der Waals surface area contributed by atoms with Gasteiger partial charge in [0.05, 0.1) is 18.6 Å². The van der Waals surface area contributed by atoms with Crippen LogP contribution in [0, 0.1) is 5.92 Å². The smallest absolute Gasteiger partial charge is 0.283 e. The van der Waals surface area contributed by atoms with Gasteiger partial charge in [0.2, 0.25) is 0 Å². The molecule has 8 nitrogen and oxygen atoms in total. The predicted molar refractivity (Wildman–Crippen MR) is 148 cm³/mol. The molecule has 202 valence electrons. The van der Waals surface area contributed by atoms with E-state index in [1.807, 2.05) is 35.2 Å². The summed E-state index contributed by atoms with van der Waals surface area (Å²) >= 11 is 0. The predicted octanol–water partition coefficient (Wildman–Crippen LogP) is 4.20. The fraction of sp³-hybridized carbons (Fsp3) is 0.448. The molecule has 1 N–H and O–H groups in total. The first-order chi connectivity index (χ1) is 18.4. The summed E-state index contributed by atoms with van der Waals surface area (Å²) in [6, 6.07) is 16.6. The van der Waals surface area contributed by atoms with E-state index in [1.54, 1.807) is 35.9 Å². The summed E-state index contributed by atoms with van der Waals surface area (Å²) in [5.74, 6) is 0.629. The Morgan fingerprint density at radius 1 is 1.08 bits per heavy atom. The highest BCUT2D eigenvalue weighted by Gasteiger charge is 2.32. The van der Waals surface area contributed by atoms with E-state index in [0.717, 1.165) is 25.1 Å². The molecule has 1 saturated carbocycles. The fourth-order valence-electron chi connectivity index (χ4n) is 5.71. The molecule has 1 atom stereocenters. The van der Waals surface area contributed by atoms with E-state index in [2.05, 4.69) is 10.3 Å². The number of aryl methyl sites for hydroxylation is 1. The normalized spacial score (nSPS) is 18.9. The fourth-order valence-corrected chi connectivity index (χ4v) is 7.12. The van der Waals surface area contributed by atoms with Gasteiger partial charge in [-0.1, -0.05) is 68.5 Å². The number of benzene rings is 2. The van der Waals surface area contributed by atoms with Gasteiger partial charge >= 0.3 is 0 Å². The summed E-state index contributed by atoms with van der Waals surface area (Å²) in [5.41, 5.74) is 1.80. The first kappa shape index (κ1) is 26.4. The number of nitrogens with zero attached hydrogens (tertiary/aromatic N) is 4. The van der Waals surface area contributed by atoms with E-state index in [-0.39, 0.29) is 23.5 Å². The maximum atomic E-state index is 13.8. The first-order valence-electron chi connectivity index (χ1n) is 13.6. The highest BCUT2D eigenvalue weighted by Crippen LogP contribution is 2.30. The standard InChI is InChI=1S/C29H37N5O3S/c1-32-21-28(31-22-32)38(36,37)34(20-24-11-6-3-7-12-24)26-14-8-13-25(18-26)29(35)33-16-15-30-19-27(33)17-23-9-4-2-5-10-23/h3,6-8,11-14,18,21-23,27,30H,2,4-5,9-10,15-17,19-20H2,1H3. The third kappa shape index (κ3) is 5.94. The van der Waals surface area contributed by atoms with Crippen LogP contribution in [-0.2, 0) is 23.6 Å². The van der Waals surface area contributed by atoms with E-state index < -0.39 is 10.0 Å². The van der Waals surface area contributed by atoms with Crippen molar-refractivity contribution in [2.45, 2.75) is 56.1 Å². The van der Waals surface area contributed by atoms with Crippen LogP contribution in [0.5, 0.6) is 0 Å². The average molecular weight is 536 g/mol. The summed E-state index contributed by atoms with van der Waals surface area (Å²) in [6.07, 6.45) is 10.4. The van der Waals surface area contributed by atoms with Crippen LogP contribution in [0.4, 0.5) is 5.69 Å². The quantitative estimate of drug-likeness (QED) is 0.467. The van der Waals surface area contributed by atoms with Gasteiger partial charge in [-0.25, -0.2) is 4.98 Å². The molecule has 2 heterocycles. The highest BCUT2D eigenvalue weighted by atomic mass is 32.2. The molecule has 0 radical (unpaired) electrons. The van der Waals surface area contributed by atoms with Crippen molar-refractivity contribution in [3.8, 4) is 0 Å². The van der Waals surface area contributed by atoms with Crippen LogP contribution in [0.15, 0.2) is 72.1 Å². The van der Waals surface area contributed by atoms with Crippen molar-refractivity contribution >= 4 is 21.6 Å². The Morgan fingerprint density at radius 3 is 2.61 bits per heavy atom. The molecular weight excluding hydrogens is 498 g/mol. The van der Waals surface area contributed by atoms with Crippen molar-refractivity contribution in [2.75, 3.05) is 23.9 Å². The zero-order chi connectivity index (χ0) is 26.5. The molecule has 5 rings (SSSR count). The number of aromatic nitrogens is 2. The van der Waals surface area contributed by atoms with E-state index in [9.17, 15) is 13.2 Å². The topological polar surface area (TPSA) is 87.5 Å². The molecule has 2 aromatic carbocycles. The molecule has 0 spiro atoms. The Labute approximate surface area is 225 Å².